The third-order valence-electron chi connectivity index (χ3n) is 1.82. The summed E-state index contributed by atoms with van der Waals surface area (Å²) in [5, 5.41) is 0. The molecule has 0 bridgehead atoms. The lowest BCUT2D eigenvalue weighted by atomic mass is 10.1. The molecule has 0 saturated heterocycles. The van der Waals surface area contributed by atoms with Crippen LogP contribution in [0.15, 0.2) is 24.0 Å². The lowest BCUT2D eigenvalue weighted by Gasteiger charge is -2.11. The molecule has 0 aromatic heterocycles. The van der Waals surface area contributed by atoms with Crippen LogP contribution in [-0.4, -0.2) is 5.97 Å². The highest BCUT2D eigenvalue weighted by atomic mass is 17.2. The third kappa shape index (κ3) is 3.32. The fourth-order valence-electron chi connectivity index (χ4n) is 1.05. The van der Waals surface area contributed by atoms with Crippen LogP contribution in [0.1, 0.15) is 32.6 Å². The van der Waals surface area contributed by atoms with Crippen LogP contribution >= 0.6 is 0 Å². The molecule has 0 aromatic carbocycles. The second-order valence-corrected chi connectivity index (χ2v) is 3.15. The zero-order valence-corrected chi connectivity index (χ0v) is 7.84. The Morgan fingerprint density at radius 1 is 1.54 bits per heavy atom. The van der Waals surface area contributed by atoms with Crippen LogP contribution in [0.4, 0.5) is 0 Å². The van der Waals surface area contributed by atoms with Crippen molar-refractivity contribution in [3.05, 3.63) is 24.0 Å². The highest BCUT2D eigenvalue weighted by molar-refractivity contribution is 5.86. The average molecular weight is 182 g/mol. The van der Waals surface area contributed by atoms with E-state index in [0.29, 0.717) is 5.57 Å². The molecule has 0 fully saturated rings. The van der Waals surface area contributed by atoms with E-state index in [1.54, 1.807) is 6.92 Å². The van der Waals surface area contributed by atoms with Crippen molar-refractivity contribution in [3.63, 3.8) is 0 Å². The van der Waals surface area contributed by atoms with Gasteiger partial charge in [-0.15, -0.1) is 0 Å². The third-order valence-corrected chi connectivity index (χ3v) is 1.82. The van der Waals surface area contributed by atoms with Crippen molar-refractivity contribution in [2.45, 2.75) is 32.6 Å². The molecule has 0 atom stereocenters. The molecule has 0 amide bonds. The summed E-state index contributed by atoms with van der Waals surface area (Å²) in [5.41, 5.74) is 0.344. The molecule has 0 aromatic rings. The SMILES string of the molecule is C=C(C)C(=O)OOC1=CCCCC1. The van der Waals surface area contributed by atoms with Crippen molar-refractivity contribution in [2.24, 2.45) is 0 Å². The first-order valence-electron chi connectivity index (χ1n) is 4.43. The molecule has 0 radical (unpaired) electrons. The summed E-state index contributed by atoms with van der Waals surface area (Å²) in [6.07, 6.45) is 6.08. The molecule has 0 unspecified atom stereocenters. The molecule has 0 saturated carbocycles. The molecule has 1 aliphatic carbocycles. The van der Waals surface area contributed by atoms with Crippen LogP contribution < -0.4 is 0 Å². The fraction of sp³-hybridized carbons (Fsp3) is 0.500. The Morgan fingerprint density at radius 3 is 2.85 bits per heavy atom. The zero-order valence-electron chi connectivity index (χ0n) is 7.84. The Kier molecular flexibility index (Phi) is 3.55. The Balaban J connectivity index is 2.29. The van der Waals surface area contributed by atoms with Crippen LogP contribution in [-0.2, 0) is 14.6 Å². The van der Waals surface area contributed by atoms with Gasteiger partial charge in [0.05, 0.1) is 0 Å². The summed E-state index contributed by atoms with van der Waals surface area (Å²) in [5.74, 6) is 0.243. The van der Waals surface area contributed by atoms with Gasteiger partial charge in [-0.25, -0.2) is 9.68 Å². The van der Waals surface area contributed by atoms with E-state index in [2.05, 4.69) is 11.5 Å². The number of rotatable bonds is 3. The van der Waals surface area contributed by atoms with Crippen LogP contribution in [0, 0.1) is 0 Å². The molecule has 0 heterocycles. The maximum atomic E-state index is 10.9. The molecular formula is C10H14O3. The van der Waals surface area contributed by atoms with E-state index in [4.69, 9.17) is 4.89 Å². The smallest absolute Gasteiger partial charge is 0.292 e. The summed E-state index contributed by atoms with van der Waals surface area (Å²) in [6.45, 7) is 5.03. The maximum absolute atomic E-state index is 10.9. The minimum absolute atomic E-state index is 0.344. The Hall–Kier alpha value is -1.25. The van der Waals surface area contributed by atoms with E-state index in [1.807, 2.05) is 6.08 Å². The summed E-state index contributed by atoms with van der Waals surface area (Å²) in [7, 11) is 0. The number of allylic oxidation sites excluding steroid dienone is 2. The van der Waals surface area contributed by atoms with Gasteiger partial charge in [-0.2, -0.15) is 0 Å². The maximum Gasteiger partial charge on any atom is 0.381 e. The molecule has 3 nitrogen and oxygen atoms in total. The van der Waals surface area contributed by atoms with Gasteiger partial charge in [-0.3, -0.25) is 4.89 Å². The Bertz CT molecular complexity index is 241. The minimum atomic E-state index is -0.508. The first-order chi connectivity index (χ1) is 6.20. The second kappa shape index (κ2) is 4.70. The van der Waals surface area contributed by atoms with E-state index in [0.717, 1.165) is 25.0 Å². The van der Waals surface area contributed by atoms with Crippen molar-refractivity contribution in [2.75, 3.05) is 0 Å². The first kappa shape index (κ1) is 9.84. The van der Waals surface area contributed by atoms with Gasteiger partial charge in [-0.1, -0.05) is 6.58 Å². The highest BCUT2D eigenvalue weighted by Crippen LogP contribution is 2.18. The predicted molar refractivity (Wildman–Crippen MR) is 48.5 cm³/mol. The number of hydrogen-bond donors (Lipinski definition) is 0. The van der Waals surface area contributed by atoms with E-state index in [1.165, 1.54) is 6.42 Å². The lowest BCUT2D eigenvalue weighted by Crippen LogP contribution is -2.07. The lowest BCUT2D eigenvalue weighted by molar-refractivity contribution is -0.245. The van der Waals surface area contributed by atoms with Gasteiger partial charge < -0.3 is 0 Å². The number of carbonyl (C=O) groups excluding carboxylic acids is 1. The van der Waals surface area contributed by atoms with Crippen molar-refractivity contribution in [3.8, 4) is 0 Å². The minimum Gasteiger partial charge on any atom is -0.292 e. The van der Waals surface area contributed by atoms with Crippen molar-refractivity contribution < 1.29 is 14.6 Å². The summed E-state index contributed by atoms with van der Waals surface area (Å²) >= 11 is 0. The van der Waals surface area contributed by atoms with Gasteiger partial charge in [0.1, 0.15) is 0 Å². The Labute approximate surface area is 78.0 Å². The Morgan fingerprint density at radius 2 is 2.31 bits per heavy atom. The largest absolute Gasteiger partial charge is 0.381 e. The quantitative estimate of drug-likeness (QED) is 0.382. The van der Waals surface area contributed by atoms with Crippen molar-refractivity contribution in [1.29, 1.82) is 0 Å². The first-order valence-corrected chi connectivity index (χ1v) is 4.43. The van der Waals surface area contributed by atoms with Gasteiger partial charge in [0, 0.05) is 12.0 Å². The molecule has 0 N–H and O–H groups in total. The molecule has 0 spiro atoms. The predicted octanol–water partition coefficient (Wildman–Crippen LogP) is 2.50. The van der Waals surface area contributed by atoms with Crippen molar-refractivity contribution in [1.82, 2.24) is 0 Å². The zero-order chi connectivity index (χ0) is 9.68. The van der Waals surface area contributed by atoms with Crippen molar-refractivity contribution >= 4 is 5.97 Å². The molecule has 0 aliphatic heterocycles. The monoisotopic (exact) mass is 182 g/mol. The molecule has 13 heavy (non-hydrogen) atoms. The van der Waals surface area contributed by atoms with Gasteiger partial charge in [-0.05, 0) is 32.3 Å². The topological polar surface area (TPSA) is 35.5 Å². The van der Waals surface area contributed by atoms with Gasteiger partial charge >= 0.3 is 5.97 Å². The number of hydrogen-bond acceptors (Lipinski definition) is 3. The van der Waals surface area contributed by atoms with E-state index < -0.39 is 5.97 Å². The van der Waals surface area contributed by atoms with Crippen LogP contribution in [0.25, 0.3) is 0 Å². The van der Waals surface area contributed by atoms with Crippen LogP contribution in [0.5, 0.6) is 0 Å². The van der Waals surface area contributed by atoms with Crippen LogP contribution in [0.3, 0.4) is 0 Å². The van der Waals surface area contributed by atoms with Gasteiger partial charge in [0.15, 0.2) is 5.76 Å². The number of carbonyl (C=O) groups is 1. The molecule has 1 aliphatic rings. The highest BCUT2D eigenvalue weighted by Gasteiger charge is 2.09. The summed E-state index contributed by atoms with van der Waals surface area (Å²) < 4.78 is 0. The van der Waals surface area contributed by atoms with E-state index >= 15 is 0 Å². The average Bonchev–Trinajstić information content (AvgIpc) is 2.15. The van der Waals surface area contributed by atoms with Gasteiger partial charge in [0.2, 0.25) is 0 Å². The summed E-state index contributed by atoms with van der Waals surface area (Å²) in [4.78, 5) is 20.3. The standard InChI is InChI=1S/C10H14O3/c1-8(2)10(11)13-12-9-6-4-3-5-7-9/h6H,1,3-5,7H2,2H3. The molecule has 72 valence electrons. The summed E-state index contributed by atoms with van der Waals surface area (Å²) in [6, 6.07) is 0. The normalized spacial score (nSPS) is 15.9. The van der Waals surface area contributed by atoms with Gasteiger partial charge in [0.25, 0.3) is 0 Å². The van der Waals surface area contributed by atoms with Crippen LogP contribution in [0.2, 0.25) is 0 Å². The van der Waals surface area contributed by atoms with E-state index in [9.17, 15) is 4.79 Å². The molecule has 1 rings (SSSR count). The second-order valence-electron chi connectivity index (χ2n) is 3.15. The fourth-order valence-corrected chi connectivity index (χ4v) is 1.05. The molecular weight excluding hydrogens is 168 g/mol. The van der Waals surface area contributed by atoms with E-state index in [-0.39, 0.29) is 0 Å². The molecule has 3 heteroatoms.